The Kier molecular flexibility index (Phi) is 11.1. The summed E-state index contributed by atoms with van der Waals surface area (Å²) >= 11 is 6.66. The summed E-state index contributed by atoms with van der Waals surface area (Å²) in [5.74, 6) is 0.161. The van der Waals surface area contributed by atoms with Gasteiger partial charge in [0.25, 0.3) is 0 Å². The van der Waals surface area contributed by atoms with Crippen molar-refractivity contribution >= 4 is 87.5 Å². The van der Waals surface area contributed by atoms with Crippen molar-refractivity contribution in [1.82, 2.24) is 0 Å². The SMILES string of the molecule is C=Nc1cccc(C2Sc3ccccc3N(CCCCCBr)C2=O)c1.C=Nc1cccc(C2Sc3ccccc3NC2=O)c1. The summed E-state index contributed by atoms with van der Waals surface area (Å²) in [5, 5.41) is 3.48. The van der Waals surface area contributed by atoms with Gasteiger partial charge in [0.1, 0.15) is 10.5 Å². The molecule has 224 valence electrons. The van der Waals surface area contributed by atoms with E-state index in [1.54, 1.807) is 23.5 Å². The van der Waals surface area contributed by atoms with Crippen LogP contribution in [-0.4, -0.2) is 37.1 Å². The van der Waals surface area contributed by atoms with Crippen molar-refractivity contribution < 1.29 is 9.59 Å². The van der Waals surface area contributed by atoms with Crippen LogP contribution in [0.5, 0.6) is 0 Å². The minimum absolute atomic E-state index is 0.00455. The van der Waals surface area contributed by atoms with Gasteiger partial charge in [-0.05, 0) is 85.9 Å². The molecule has 1 N–H and O–H groups in total. The lowest BCUT2D eigenvalue weighted by molar-refractivity contribution is -0.118. The lowest BCUT2D eigenvalue weighted by Gasteiger charge is -2.34. The van der Waals surface area contributed by atoms with E-state index in [9.17, 15) is 9.59 Å². The topological polar surface area (TPSA) is 74.1 Å². The van der Waals surface area contributed by atoms with Gasteiger partial charge < -0.3 is 10.2 Å². The number of unbranched alkanes of at least 4 members (excludes halogenated alkanes) is 2. The number of nitrogens with one attached hydrogen (secondary N) is 1. The molecular formula is C35H33BrN4O2S2. The predicted octanol–water partition coefficient (Wildman–Crippen LogP) is 9.57. The zero-order chi connectivity index (χ0) is 30.9. The lowest BCUT2D eigenvalue weighted by Crippen LogP contribution is -2.38. The van der Waals surface area contributed by atoms with E-state index in [4.69, 9.17) is 0 Å². The van der Waals surface area contributed by atoms with Crippen molar-refractivity contribution in [2.75, 3.05) is 22.1 Å². The molecule has 0 bridgehead atoms. The van der Waals surface area contributed by atoms with Crippen LogP contribution in [0.15, 0.2) is 117 Å². The molecule has 2 heterocycles. The second-order valence-electron chi connectivity index (χ2n) is 10.2. The van der Waals surface area contributed by atoms with Crippen molar-refractivity contribution in [1.29, 1.82) is 0 Å². The molecule has 0 aliphatic carbocycles. The Bertz CT molecular complexity index is 1660. The molecule has 0 saturated heterocycles. The number of rotatable bonds is 9. The van der Waals surface area contributed by atoms with Crippen molar-refractivity contribution in [3.05, 3.63) is 108 Å². The van der Waals surface area contributed by atoms with Gasteiger partial charge in [0, 0.05) is 21.7 Å². The summed E-state index contributed by atoms with van der Waals surface area (Å²) in [6.07, 6.45) is 3.26. The van der Waals surface area contributed by atoms with E-state index in [1.165, 1.54) is 0 Å². The lowest BCUT2D eigenvalue weighted by atomic mass is 10.1. The van der Waals surface area contributed by atoms with Crippen LogP contribution < -0.4 is 10.2 Å². The third-order valence-electron chi connectivity index (χ3n) is 7.25. The molecule has 0 saturated carbocycles. The van der Waals surface area contributed by atoms with Gasteiger partial charge in [-0.15, -0.1) is 23.5 Å². The molecule has 0 fully saturated rings. The molecule has 0 spiro atoms. The van der Waals surface area contributed by atoms with E-state index in [0.717, 1.165) is 74.8 Å². The number of nitrogens with zero attached hydrogens (tertiary/aromatic N) is 3. The molecule has 2 unspecified atom stereocenters. The molecule has 0 radical (unpaired) electrons. The van der Waals surface area contributed by atoms with Crippen LogP contribution in [0.4, 0.5) is 22.7 Å². The van der Waals surface area contributed by atoms with E-state index in [2.05, 4.69) is 50.7 Å². The normalized spacial score (nSPS) is 17.0. The molecule has 9 heteroatoms. The molecular weight excluding hydrogens is 652 g/mol. The van der Waals surface area contributed by atoms with E-state index >= 15 is 0 Å². The monoisotopic (exact) mass is 684 g/mol. The number of carbonyl (C=O) groups excluding carboxylic acids is 2. The van der Waals surface area contributed by atoms with Crippen molar-refractivity contribution in [3.63, 3.8) is 0 Å². The molecule has 6 nitrogen and oxygen atoms in total. The maximum atomic E-state index is 13.2. The fourth-order valence-corrected chi connectivity index (χ4v) is 7.77. The number of para-hydroxylation sites is 2. The van der Waals surface area contributed by atoms with Gasteiger partial charge in [-0.2, -0.15) is 0 Å². The predicted molar refractivity (Wildman–Crippen MR) is 190 cm³/mol. The fraction of sp³-hybridized carbons (Fsp3) is 0.200. The number of hydrogen-bond donors (Lipinski definition) is 1. The molecule has 2 atom stereocenters. The number of anilines is 2. The average Bonchev–Trinajstić information content (AvgIpc) is 3.07. The maximum absolute atomic E-state index is 13.2. The zero-order valence-electron chi connectivity index (χ0n) is 24.2. The zero-order valence-corrected chi connectivity index (χ0v) is 27.4. The van der Waals surface area contributed by atoms with E-state index < -0.39 is 0 Å². The highest BCUT2D eigenvalue weighted by molar-refractivity contribution is 9.09. The third kappa shape index (κ3) is 7.52. The van der Waals surface area contributed by atoms with Gasteiger partial charge >= 0.3 is 0 Å². The Hall–Kier alpha value is -3.66. The van der Waals surface area contributed by atoms with Gasteiger partial charge in [-0.25, -0.2) is 0 Å². The fourth-order valence-electron chi connectivity index (χ4n) is 5.04. The highest BCUT2D eigenvalue weighted by Crippen LogP contribution is 2.47. The number of aliphatic imine (C=N–C) groups is 2. The van der Waals surface area contributed by atoms with Crippen molar-refractivity contribution in [2.45, 2.75) is 39.6 Å². The largest absolute Gasteiger partial charge is 0.324 e. The first-order valence-electron chi connectivity index (χ1n) is 14.4. The molecule has 4 aromatic carbocycles. The second kappa shape index (κ2) is 15.4. The molecule has 2 amide bonds. The average molecular weight is 686 g/mol. The van der Waals surface area contributed by atoms with Gasteiger partial charge in [-0.1, -0.05) is 70.9 Å². The maximum Gasteiger partial charge on any atom is 0.245 e. The van der Waals surface area contributed by atoms with Gasteiger partial charge in [0.05, 0.1) is 22.7 Å². The van der Waals surface area contributed by atoms with Crippen LogP contribution in [-0.2, 0) is 9.59 Å². The number of fused-ring (bicyclic) bond motifs is 2. The molecule has 2 aliphatic heterocycles. The van der Waals surface area contributed by atoms with Crippen molar-refractivity contribution in [2.24, 2.45) is 9.98 Å². The summed E-state index contributed by atoms with van der Waals surface area (Å²) in [7, 11) is 0. The summed E-state index contributed by atoms with van der Waals surface area (Å²) in [6, 6.07) is 31.4. The molecule has 6 rings (SSSR count). The number of hydrogen-bond acceptors (Lipinski definition) is 6. The molecule has 2 aliphatic rings. The first kappa shape index (κ1) is 31.8. The Morgan fingerprint density at radius 1 is 0.727 bits per heavy atom. The smallest absolute Gasteiger partial charge is 0.245 e. The van der Waals surface area contributed by atoms with E-state index in [1.807, 2.05) is 95.9 Å². The molecule has 0 aromatic heterocycles. The summed E-state index contributed by atoms with van der Waals surface area (Å²) in [6.45, 7) is 7.87. The van der Waals surface area contributed by atoms with Crippen LogP contribution in [0.3, 0.4) is 0 Å². The third-order valence-corrected chi connectivity index (χ3v) is 10.4. The summed E-state index contributed by atoms with van der Waals surface area (Å²) in [4.78, 5) is 37.5. The Labute approximate surface area is 275 Å². The number of benzene rings is 4. The molecule has 44 heavy (non-hydrogen) atoms. The minimum atomic E-state index is -0.239. The highest BCUT2D eigenvalue weighted by Gasteiger charge is 2.34. The number of halogens is 1. The first-order chi connectivity index (χ1) is 21.5. The van der Waals surface area contributed by atoms with Crippen LogP contribution >= 0.6 is 39.5 Å². The Morgan fingerprint density at radius 3 is 2.02 bits per heavy atom. The van der Waals surface area contributed by atoms with Gasteiger partial charge in [0.2, 0.25) is 11.8 Å². The minimum Gasteiger partial charge on any atom is -0.324 e. The Morgan fingerprint density at radius 2 is 1.34 bits per heavy atom. The van der Waals surface area contributed by atoms with Crippen molar-refractivity contribution in [3.8, 4) is 0 Å². The van der Waals surface area contributed by atoms with Crippen LogP contribution in [0.1, 0.15) is 40.9 Å². The van der Waals surface area contributed by atoms with Crippen LogP contribution in [0.25, 0.3) is 0 Å². The van der Waals surface area contributed by atoms with Gasteiger partial charge in [-0.3, -0.25) is 19.6 Å². The molecule has 4 aromatic rings. The number of amides is 2. The number of alkyl halides is 1. The summed E-state index contributed by atoms with van der Waals surface area (Å²) in [5.41, 5.74) is 5.43. The first-order valence-corrected chi connectivity index (χ1v) is 17.2. The van der Waals surface area contributed by atoms with E-state index in [-0.39, 0.29) is 22.3 Å². The van der Waals surface area contributed by atoms with Crippen LogP contribution in [0, 0.1) is 0 Å². The second-order valence-corrected chi connectivity index (χ2v) is 13.3. The summed E-state index contributed by atoms with van der Waals surface area (Å²) < 4.78 is 0. The quantitative estimate of drug-likeness (QED) is 0.108. The number of carbonyl (C=O) groups is 2. The number of thioether (sulfide) groups is 2. The van der Waals surface area contributed by atoms with Crippen LogP contribution in [0.2, 0.25) is 0 Å². The van der Waals surface area contributed by atoms with E-state index in [0.29, 0.717) is 0 Å². The Balaban J connectivity index is 0.000000181. The highest BCUT2D eigenvalue weighted by atomic mass is 79.9. The van der Waals surface area contributed by atoms with Gasteiger partial charge in [0.15, 0.2) is 0 Å². The standard InChI is InChI=1S/C20H21BrN2OS.C15H12N2OS/c1-22-16-9-7-8-15(14-16)19-20(24)23(13-6-2-5-12-21)17-10-3-4-11-18(17)25-19;1-16-11-6-4-5-10(9-11)14-15(18)17-12-7-2-3-8-13(12)19-14/h3-4,7-11,14,19H,1-2,5-6,12-13H2;2-9,14H,1H2,(H,17,18).